The van der Waals surface area contributed by atoms with E-state index in [2.05, 4.69) is 10.6 Å². The minimum Gasteiger partial charge on any atom is -0.444 e. The number of ether oxygens (including phenoxy) is 1. The molecule has 0 unspecified atom stereocenters. The predicted octanol–water partition coefficient (Wildman–Crippen LogP) is 1.36. The van der Waals surface area contributed by atoms with E-state index in [4.69, 9.17) is 4.74 Å². The van der Waals surface area contributed by atoms with Crippen LogP contribution < -0.4 is 10.6 Å². The molecule has 0 aromatic carbocycles. The van der Waals surface area contributed by atoms with E-state index < -0.39 is 30.1 Å². The van der Waals surface area contributed by atoms with Crippen molar-refractivity contribution in [3.63, 3.8) is 0 Å². The fraction of sp³-hybridized carbons (Fsp3) is 0.900. The lowest BCUT2D eigenvalue weighted by atomic mass is 10.1. The van der Waals surface area contributed by atoms with Crippen LogP contribution in [0.5, 0.6) is 0 Å². The van der Waals surface area contributed by atoms with E-state index in [0.717, 1.165) is 0 Å². The number of amides is 1. The van der Waals surface area contributed by atoms with Gasteiger partial charge in [0.25, 0.3) is 0 Å². The van der Waals surface area contributed by atoms with Gasteiger partial charge in [-0.3, -0.25) is 0 Å². The molecule has 2 atom stereocenters. The minimum atomic E-state index is -2.44. The molecule has 16 heavy (non-hydrogen) atoms. The Morgan fingerprint density at radius 3 is 2.56 bits per heavy atom. The first kappa shape index (κ1) is 13.2. The number of nitrogens with one attached hydrogen (secondary N) is 2. The lowest BCUT2D eigenvalue weighted by Gasteiger charge is -2.23. The van der Waals surface area contributed by atoms with E-state index in [1.165, 1.54) is 0 Å². The molecule has 1 aliphatic heterocycles. The topological polar surface area (TPSA) is 50.4 Å². The summed E-state index contributed by atoms with van der Waals surface area (Å²) in [5.74, 6) is -0.840. The van der Waals surface area contributed by atoms with Crippen molar-refractivity contribution in [3.8, 4) is 0 Å². The van der Waals surface area contributed by atoms with Crippen LogP contribution in [0.4, 0.5) is 13.6 Å². The summed E-state index contributed by atoms with van der Waals surface area (Å²) in [6.45, 7) is 5.75. The van der Waals surface area contributed by atoms with E-state index in [-0.39, 0.29) is 6.54 Å². The first-order chi connectivity index (χ1) is 7.29. The second-order valence-electron chi connectivity index (χ2n) is 4.91. The molecule has 0 saturated carbocycles. The third kappa shape index (κ3) is 3.92. The van der Waals surface area contributed by atoms with Crippen molar-refractivity contribution in [1.82, 2.24) is 10.6 Å². The summed E-state index contributed by atoms with van der Waals surface area (Å²) < 4.78 is 30.1. The average molecular weight is 236 g/mol. The molecule has 94 valence electrons. The molecule has 0 aliphatic carbocycles. The Morgan fingerprint density at radius 2 is 2.06 bits per heavy atom. The standard InChI is InChI=1S/C10H18F2N2O2/c1-10(2,3)16-9(15)14-7-5-13-4-6(7)8(11)12/h6-8,13H,4-5H2,1-3H3,(H,14,15)/t6-,7+/m1/s1. The minimum absolute atomic E-state index is 0.220. The highest BCUT2D eigenvalue weighted by Crippen LogP contribution is 2.18. The lowest BCUT2D eigenvalue weighted by molar-refractivity contribution is 0.0410. The Kier molecular flexibility index (Phi) is 4.07. The van der Waals surface area contributed by atoms with Gasteiger partial charge in [0.05, 0.1) is 12.0 Å². The van der Waals surface area contributed by atoms with Crippen molar-refractivity contribution in [3.05, 3.63) is 0 Å². The van der Waals surface area contributed by atoms with Crippen molar-refractivity contribution in [2.75, 3.05) is 13.1 Å². The predicted molar refractivity (Wildman–Crippen MR) is 55.5 cm³/mol. The van der Waals surface area contributed by atoms with E-state index in [1.54, 1.807) is 20.8 Å². The zero-order valence-electron chi connectivity index (χ0n) is 9.72. The van der Waals surface area contributed by atoms with Crippen LogP contribution in [0.3, 0.4) is 0 Å². The van der Waals surface area contributed by atoms with Crippen LogP contribution in [0.15, 0.2) is 0 Å². The molecule has 1 heterocycles. The zero-order valence-corrected chi connectivity index (χ0v) is 9.72. The van der Waals surface area contributed by atoms with Gasteiger partial charge < -0.3 is 15.4 Å². The smallest absolute Gasteiger partial charge is 0.407 e. The van der Waals surface area contributed by atoms with Crippen LogP contribution in [0.1, 0.15) is 20.8 Å². The van der Waals surface area contributed by atoms with E-state index in [9.17, 15) is 13.6 Å². The second kappa shape index (κ2) is 4.95. The van der Waals surface area contributed by atoms with Gasteiger partial charge in [-0.1, -0.05) is 0 Å². The summed E-state index contributed by atoms with van der Waals surface area (Å²) in [5.41, 5.74) is -0.615. The van der Waals surface area contributed by atoms with Crippen LogP contribution in [-0.2, 0) is 4.74 Å². The van der Waals surface area contributed by atoms with Gasteiger partial charge in [-0.25, -0.2) is 13.6 Å². The van der Waals surface area contributed by atoms with Gasteiger partial charge in [-0.05, 0) is 20.8 Å². The van der Waals surface area contributed by atoms with Gasteiger partial charge in [0, 0.05) is 13.1 Å². The van der Waals surface area contributed by atoms with Crippen molar-refractivity contribution in [2.45, 2.75) is 38.8 Å². The average Bonchev–Trinajstić information content (AvgIpc) is 2.47. The van der Waals surface area contributed by atoms with Gasteiger partial charge in [-0.15, -0.1) is 0 Å². The van der Waals surface area contributed by atoms with E-state index >= 15 is 0 Å². The van der Waals surface area contributed by atoms with Gasteiger partial charge >= 0.3 is 6.09 Å². The van der Waals surface area contributed by atoms with Crippen LogP contribution in [0, 0.1) is 5.92 Å². The number of alkyl carbamates (subject to hydrolysis) is 1. The summed E-state index contributed by atoms with van der Waals surface area (Å²) >= 11 is 0. The SMILES string of the molecule is CC(C)(C)OC(=O)N[C@H]1CNC[C@H]1C(F)F. The Morgan fingerprint density at radius 1 is 1.44 bits per heavy atom. The van der Waals surface area contributed by atoms with Crippen molar-refractivity contribution in [1.29, 1.82) is 0 Å². The summed E-state index contributed by atoms with van der Waals surface area (Å²) in [6, 6.07) is -0.560. The highest BCUT2D eigenvalue weighted by atomic mass is 19.3. The molecule has 2 N–H and O–H groups in total. The molecule has 4 nitrogen and oxygen atoms in total. The Hall–Kier alpha value is -0.910. The van der Waals surface area contributed by atoms with Crippen molar-refractivity contribution in [2.24, 2.45) is 5.92 Å². The molecular formula is C10H18F2N2O2. The first-order valence-corrected chi connectivity index (χ1v) is 5.28. The van der Waals surface area contributed by atoms with Crippen molar-refractivity contribution >= 4 is 6.09 Å². The Bertz CT molecular complexity index is 254. The fourth-order valence-corrected chi connectivity index (χ4v) is 1.58. The highest BCUT2D eigenvalue weighted by Gasteiger charge is 2.35. The molecule has 1 fully saturated rings. The lowest BCUT2D eigenvalue weighted by Crippen LogP contribution is -2.44. The molecule has 1 amide bonds. The highest BCUT2D eigenvalue weighted by molar-refractivity contribution is 5.68. The zero-order chi connectivity index (χ0) is 12.3. The molecule has 0 aromatic rings. The van der Waals surface area contributed by atoms with Crippen LogP contribution in [-0.4, -0.2) is 37.3 Å². The molecular weight excluding hydrogens is 218 g/mol. The molecule has 0 spiro atoms. The van der Waals surface area contributed by atoms with E-state index in [1.807, 2.05) is 0 Å². The largest absolute Gasteiger partial charge is 0.444 e. The summed E-state index contributed by atoms with van der Waals surface area (Å²) in [4.78, 5) is 11.4. The second-order valence-corrected chi connectivity index (χ2v) is 4.91. The third-order valence-corrected chi connectivity index (χ3v) is 2.29. The first-order valence-electron chi connectivity index (χ1n) is 5.28. The van der Waals surface area contributed by atoms with Gasteiger partial charge in [0.2, 0.25) is 6.43 Å². The number of rotatable bonds is 2. The Labute approximate surface area is 93.7 Å². The molecule has 0 radical (unpaired) electrons. The summed E-state index contributed by atoms with van der Waals surface area (Å²) in [6.07, 6.45) is -3.08. The monoisotopic (exact) mass is 236 g/mol. The number of hydrogen-bond donors (Lipinski definition) is 2. The molecule has 0 bridgehead atoms. The normalized spacial score (nSPS) is 25.9. The maximum atomic E-state index is 12.5. The number of alkyl halides is 2. The van der Waals surface area contributed by atoms with Crippen LogP contribution in [0.25, 0.3) is 0 Å². The van der Waals surface area contributed by atoms with E-state index in [0.29, 0.717) is 6.54 Å². The van der Waals surface area contributed by atoms with Gasteiger partial charge in [-0.2, -0.15) is 0 Å². The van der Waals surface area contributed by atoms with Crippen LogP contribution in [0.2, 0.25) is 0 Å². The Balaban J connectivity index is 2.44. The summed E-state index contributed by atoms with van der Waals surface area (Å²) in [7, 11) is 0. The molecule has 1 saturated heterocycles. The molecule has 1 aliphatic rings. The van der Waals surface area contributed by atoms with Gasteiger partial charge in [0.1, 0.15) is 5.60 Å². The maximum absolute atomic E-state index is 12.5. The fourth-order valence-electron chi connectivity index (χ4n) is 1.58. The number of carbonyl (C=O) groups excluding carboxylic acids is 1. The quantitative estimate of drug-likeness (QED) is 0.761. The third-order valence-electron chi connectivity index (χ3n) is 2.29. The summed E-state index contributed by atoms with van der Waals surface area (Å²) in [5, 5.41) is 5.28. The molecule has 1 rings (SSSR count). The molecule has 0 aromatic heterocycles. The number of halogens is 2. The number of hydrogen-bond acceptors (Lipinski definition) is 3. The maximum Gasteiger partial charge on any atom is 0.407 e. The number of carbonyl (C=O) groups is 1. The van der Waals surface area contributed by atoms with Crippen molar-refractivity contribution < 1.29 is 18.3 Å². The molecule has 6 heteroatoms. The van der Waals surface area contributed by atoms with Gasteiger partial charge in [0.15, 0.2) is 0 Å². The van der Waals surface area contributed by atoms with Crippen LogP contribution >= 0.6 is 0 Å².